The van der Waals surface area contributed by atoms with Gasteiger partial charge in [-0.05, 0) is 6.42 Å². The van der Waals surface area contributed by atoms with Crippen molar-refractivity contribution in [1.29, 1.82) is 0 Å². The molecule has 0 amide bonds. The minimum atomic E-state index is -3.48. The highest BCUT2D eigenvalue weighted by Crippen LogP contribution is 2.19. The fourth-order valence-corrected chi connectivity index (χ4v) is 3.08. The number of hydrogen-bond donors (Lipinski definition) is 1. The summed E-state index contributed by atoms with van der Waals surface area (Å²) in [5.74, 6) is 0.285. The first-order valence-electron chi connectivity index (χ1n) is 5.38. The molecule has 7 heteroatoms. The summed E-state index contributed by atoms with van der Waals surface area (Å²) < 4.78 is 29.1. The van der Waals surface area contributed by atoms with E-state index in [0.29, 0.717) is 6.42 Å². The van der Waals surface area contributed by atoms with Crippen molar-refractivity contribution < 1.29 is 12.8 Å². The smallest absolute Gasteiger partial charge is 0.248 e. The number of nitrogens with two attached hydrogens (primary N) is 1. The summed E-state index contributed by atoms with van der Waals surface area (Å²) in [4.78, 5) is 3.83. The minimum absolute atomic E-state index is 0.0328. The lowest BCUT2D eigenvalue weighted by Gasteiger charge is -2.01. The monoisotopic (exact) mass is 276 g/mol. The van der Waals surface area contributed by atoms with Crippen LogP contribution in [-0.2, 0) is 9.84 Å². The molecule has 96 valence electrons. The number of unbranched alkanes of at least 4 members (excludes halogenated alkanes) is 2. The highest BCUT2D eigenvalue weighted by molar-refractivity contribution is 7.91. The molecule has 0 unspecified atom stereocenters. The molecule has 1 rings (SSSR count). The van der Waals surface area contributed by atoms with E-state index in [4.69, 9.17) is 22.4 Å². The third kappa shape index (κ3) is 3.50. The van der Waals surface area contributed by atoms with Gasteiger partial charge in [0, 0.05) is 6.92 Å². The molecular weight excluding hydrogens is 260 g/mol. The van der Waals surface area contributed by atoms with Crippen LogP contribution in [0.3, 0.4) is 0 Å². The number of nitrogens with zero attached hydrogens (tertiary/aromatic N) is 1. The summed E-state index contributed by atoms with van der Waals surface area (Å²) in [5, 5.41) is -0.196. The number of rotatable bonds is 6. The Morgan fingerprint density at radius 2 is 2.12 bits per heavy atom. The van der Waals surface area contributed by atoms with Gasteiger partial charge in [-0.25, -0.2) is 13.4 Å². The molecule has 1 heterocycles. The van der Waals surface area contributed by atoms with Crippen LogP contribution in [0.5, 0.6) is 0 Å². The standard InChI is InChI=1S/C10H16N2O3S2/c1-3-4-5-6-17(13,14)10-8(9(11)16)12-7(2)15-10/h3-6H2,1-2H3,(H2,11,16). The van der Waals surface area contributed by atoms with Crippen LogP contribution >= 0.6 is 12.2 Å². The Hall–Kier alpha value is -0.950. The van der Waals surface area contributed by atoms with Gasteiger partial charge in [0.05, 0.1) is 5.75 Å². The molecule has 5 nitrogen and oxygen atoms in total. The SMILES string of the molecule is CCCCCS(=O)(=O)c1oc(C)nc1C(N)=S. The molecule has 0 fully saturated rings. The summed E-state index contributed by atoms with van der Waals surface area (Å²) in [6.45, 7) is 3.57. The maximum absolute atomic E-state index is 12.0. The van der Waals surface area contributed by atoms with Crippen molar-refractivity contribution in [2.75, 3.05) is 5.75 Å². The minimum Gasteiger partial charge on any atom is -0.429 e. The van der Waals surface area contributed by atoms with E-state index in [1.807, 2.05) is 6.92 Å². The van der Waals surface area contributed by atoms with Gasteiger partial charge in [0.15, 0.2) is 11.6 Å². The van der Waals surface area contributed by atoms with Crippen LogP contribution in [0.2, 0.25) is 0 Å². The average molecular weight is 276 g/mol. The largest absolute Gasteiger partial charge is 0.429 e. The van der Waals surface area contributed by atoms with Crippen LogP contribution in [0.15, 0.2) is 9.51 Å². The molecule has 0 aliphatic heterocycles. The molecule has 0 saturated carbocycles. The zero-order valence-corrected chi connectivity index (χ0v) is 11.5. The van der Waals surface area contributed by atoms with Crippen LogP contribution in [-0.4, -0.2) is 24.1 Å². The zero-order valence-electron chi connectivity index (χ0n) is 9.89. The third-order valence-corrected chi connectivity index (χ3v) is 4.10. The molecule has 2 N–H and O–H groups in total. The van der Waals surface area contributed by atoms with E-state index in [-0.39, 0.29) is 27.4 Å². The van der Waals surface area contributed by atoms with Crippen molar-refractivity contribution in [3.63, 3.8) is 0 Å². The predicted molar refractivity (Wildman–Crippen MR) is 68.7 cm³/mol. The van der Waals surface area contributed by atoms with Gasteiger partial charge in [0.2, 0.25) is 14.9 Å². The molecule has 0 spiro atoms. The van der Waals surface area contributed by atoms with Gasteiger partial charge in [-0.3, -0.25) is 0 Å². The Kier molecular flexibility index (Phi) is 4.64. The summed E-state index contributed by atoms with van der Waals surface area (Å²) >= 11 is 4.76. The van der Waals surface area contributed by atoms with Crippen molar-refractivity contribution in [3.8, 4) is 0 Å². The summed E-state index contributed by atoms with van der Waals surface area (Å²) in [6, 6.07) is 0. The fraction of sp³-hybridized carbons (Fsp3) is 0.600. The molecule has 0 bridgehead atoms. The second kappa shape index (κ2) is 5.59. The van der Waals surface area contributed by atoms with Gasteiger partial charge in [-0.2, -0.15) is 0 Å². The highest BCUT2D eigenvalue weighted by atomic mass is 32.2. The number of aromatic nitrogens is 1. The Morgan fingerprint density at radius 3 is 2.65 bits per heavy atom. The van der Waals surface area contributed by atoms with Gasteiger partial charge < -0.3 is 10.2 Å². The quantitative estimate of drug-likeness (QED) is 0.627. The lowest BCUT2D eigenvalue weighted by atomic mass is 10.3. The number of thiocarbonyl (C=S) groups is 1. The molecular formula is C10H16N2O3S2. The van der Waals surface area contributed by atoms with Crippen molar-refractivity contribution in [2.24, 2.45) is 5.73 Å². The molecule has 0 atom stereocenters. The number of sulfone groups is 1. The van der Waals surface area contributed by atoms with E-state index >= 15 is 0 Å². The van der Waals surface area contributed by atoms with Crippen molar-refractivity contribution >= 4 is 27.0 Å². The number of hydrogen-bond acceptors (Lipinski definition) is 5. The topological polar surface area (TPSA) is 86.2 Å². The molecule has 0 aromatic carbocycles. The van der Waals surface area contributed by atoms with E-state index in [9.17, 15) is 8.42 Å². The van der Waals surface area contributed by atoms with E-state index in [0.717, 1.165) is 12.8 Å². The number of oxazole rings is 1. The summed E-state index contributed by atoms with van der Waals surface area (Å²) in [5.41, 5.74) is 5.49. The Labute approximate surface area is 106 Å². The maximum Gasteiger partial charge on any atom is 0.248 e. The number of aryl methyl sites for hydroxylation is 1. The van der Waals surface area contributed by atoms with Gasteiger partial charge in [-0.1, -0.05) is 32.0 Å². The lowest BCUT2D eigenvalue weighted by molar-refractivity contribution is 0.422. The van der Waals surface area contributed by atoms with E-state index < -0.39 is 9.84 Å². The van der Waals surface area contributed by atoms with Crippen LogP contribution in [0.4, 0.5) is 0 Å². The third-order valence-electron chi connectivity index (χ3n) is 2.24. The van der Waals surface area contributed by atoms with E-state index in [2.05, 4.69) is 4.98 Å². The molecule has 17 heavy (non-hydrogen) atoms. The second-order valence-electron chi connectivity index (χ2n) is 3.76. The Morgan fingerprint density at radius 1 is 1.47 bits per heavy atom. The summed E-state index contributed by atoms with van der Waals surface area (Å²) in [7, 11) is -3.48. The first-order chi connectivity index (χ1) is 7.88. The summed E-state index contributed by atoms with van der Waals surface area (Å²) in [6.07, 6.45) is 2.40. The lowest BCUT2D eigenvalue weighted by Crippen LogP contribution is -2.16. The van der Waals surface area contributed by atoms with Crippen LogP contribution < -0.4 is 5.73 Å². The average Bonchev–Trinajstić information content (AvgIpc) is 2.61. The van der Waals surface area contributed by atoms with E-state index in [1.54, 1.807) is 6.92 Å². The van der Waals surface area contributed by atoms with Crippen LogP contribution in [0.1, 0.15) is 37.8 Å². The molecule has 0 saturated heterocycles. The second-order valence-corrected chi connectivity index (χ2v) is 6.21. The van der Waals surface area contributed by atoms with E-state index in [1.165, 1.54) is 0 Å². The molecule has 0 aliphatic rings. The van der Waals surface area contributed by atoms with Gasteiger partial charge in [0.25, 0.3) is 0 Å². The predicted octanol–water partition coefficient (Wildman–Crippen LogP) is 1.58. The maximum atomic E-state index is 12.0. The Bertz CT molecular complexity index is 506. The first kappa shape index (κ1) is 14.1. The first-order valence-corrected chi connectivity index (χ1v) is 7.44. The molecule has 1 aromatic rings. The molecule has 0 aliphatic carbocycles. The Balaban J connectivity index is 3.02. The van der Waals surface area contributed by atoms with Crippen molar-refractivity contribution in [3.05, 3.63) is 11.6 Å². The zero-order chi connectivity index (χ0) is 13.1. The van der Waals surface area contributed by atoms with Gasteiger partial charge in [0.1, 0.15) is 4.99 Å². The van der Waals surface area contributed by atoms with Crippen molar-refractivity contribution in [1.82, 2.24) is 4.98 Å². The van der Waals surface area contributed by atoms with Gasteiger partial charge in [-0.15, -0.1) is 0 Å². The van der Waals surface area contributed by atoms with Crippen LogP contribution in [0, 0.1) is 6.92 Å². The molecule has 1 aromatic heterocycles. The normalized spacial score (nSPS) is 11.6. The molecule has 0 radical (unpaired) electrons. The van der Waals surface area contributed by atoms with Gasteiger partial charge >= 0.3 is 0 Å². The van der Waals surface area contributed by atoms with Crippen molar-refractivity contribution in [2.45, 2.75) is 38.2 Å². The fourth-order valence-electron chi connectivity index (χ4n) is 1.41. The van der Waals surface area contributed by atoms with Crippen LogP contribution in [0.25, 0.3) is 0 Å². The highest BCUT2D eigenvalue weighted by Gasteiger charge is 2.26.